The first kappa shape index (κ1) is 14.5. The molecule has 0 atom stereocenters. The summed E-state index contributed by atoms with van der Waals surface area (Å²) in [6.45, 7) is 6.07. The molecule has 4 nitrogen and oxygen atoms in total. The van der Waals surface area contributed by atoms with Crippen molar-refractivity contribution in [2.24, 2.45) is 0 Å². The normalized spacial score (nSPS) is 20.1. The number of benzene rings is 1. The van der Waals surface area contributed by atoms with Gasteiger partial charge in [0, 0.05) is 12.1 Å². The number of unbranched alkanes of at least 4 members (excludes halogenated alkanes) is 2. The Labute approximate surface area is 126 Å². The lowest BCUT2D eigenvalue weighted by Gasteiger charge is -2.32. The zero-order valence-corrected chi connectivity index (χ0v) is 12.9. The van der Waals surface area contributed by atoms with E-state index in [1.807, 2.05) is 30.0 Å². The summed E-state index contributed by atoms with van der Waals surface area (Å²) in [6, 6.07) is 6.09. The molecule has 3 rings (SSSR count). The maximum Gasteiger partial charge on any atom is 0.292 e. The van der Waals surface area contributed by atoms with Gasteiger partial charge in [0.1, 0.15) is 0 Å². The highest BCUT2D eigenvalue weighted by Crippen LogP contribution is 2.45. The van der Waals surface area contributed by atoms with Crippen LogP contribution < -0.4 is 4.90 Å². The topological polar surface area (TPSA) is 38.8 Å². The summed E-state index contributed by atoms with van der Waals surface area (Å²) in [7, 11) is 0. The zero-order chi connectivity index (χ0) is 14.9. The minimum atomic E-state index is -1.19. The summed E-state index contributed by atoms with van der Waals surface area (Å²) in [5.41, 5.74) is 2.95. The SMILES string of the molecule is CCCCCN1C(=O)C2(OCCCO2)c2cc(C)ccc21. The van der Waals surface area contributed by atoms with E-state index in [0.29, 0.717) is 13.2 Å². The van der Waals surface area contributed by atoms with E-state index in [1.54, 1.807) is 0 Å². The van der Waals surface area contributed by atoms with Crippen molar-refractivity contribution in [1.82, 2.24) is 0 Å². The van der Waals surface area contributed by atoms with E-state index in [4.69, 9.17) is 9.47 Å². The number of aryl methyl sites for hydroxylation is 1. The maximum absolute atomic E-state index is 12.9. The standard InChI is InChI=1S/C17H23NO3/c1-3-4-5-9-18-15-8-7-13(2)12-14(15)17(16(18)19)20-10-6-11-21-17/h7-8,12H,3-6,9-11H2,1-2H3. The van der Waals surface area contributed by atoms with Gasteiger partial charge in [0.2, 0.25) is 0 Å². The molecular weight excluding hydrogens is 266 g/mol. The van der Waals surface area contributed by atoms with Gasteiger partial charge >= 0.3 is 0 Å². The van der Waals surface area contributed by atoms with Gasteiger partial charge < -0.3 is 14.4 Å². The van der Waals surface area contributed by atoms with Crippen LogP contribution in [-0.4, -0.2) is 25.7 Å². The van der Waals surface area contributed by atoms with E-state index in [9.17, 15) is 4.79 Å². The number of anilines is 1. The quantitative estimate of drug-likeness (QED) is 0.799. The minimum Gasteiger partial charge on any atom is -0.338 e. The summed E-state index contributed by atoms with van der Waals surface area (Å²) in [4.78, 5) is 14.8. The number of amides is 1. The highest BCUT2D eigenvalue weighted by atomic mass is 16.7. The van der Waals surface area contributed by atoms with Crippen LogP contribution in [0.4, 0.5) is 5.69 Å². The van der Waals surface area contributed by atoms with Crippen molar-refractivity contribution >= 4 is 11.6 Å². The van der Waals surface area contributed by atoms with Crippen LogP contribution in [0.2, 0.25) is 0 Å². The fraction of sp³-hybridized carbons (Fsp3) is 0.588. The van der Waals surface area contributed by atoms with Gasteiger partial charge in [-0.2, -0.15) is 0 Å². The Bertz CT molecular complexity index is 535. The Morgan fingerprint density at radius 2 is 2.00 bits per heavy atom. The number of ether oxygens (including phenoxy) is 2. The molecule has 0 N–H and O–H groups in total. The first-order valence-electron chi connectivity index (χ1n) is 7.90. The average molecular weight is 289 g/mol. The minimum absolute atomic E-state index is 0.0566. The molecule has 1 spiro atoms. The van der Waals surface area contributed by atoms with Crippen molar-refractivity contribution in [1.29, 1.82) is 0 Å². The third-order valence-electron chi connectivity index (χ3n) is 4.21. The molecule has 1 aromatic rings. The molecule has 0 bridgehead atoms. The molecule has 2 aliphatic heterocycles. The van der Waals surface area contributed by atoms with Crippen LogP contribution in [0.15, 0.2) is 18.2 Å². The van der Waals surface area contributed by atoms with Crippen LogP contribution in [0, 0.1) is 6.92 Å². The molecule has 4 heteroatoms. The second-order valence-corrected chi connectivity index (χ2v) is 5.85. The van der Waals surface area contributed by atoms with E-state index in [2.05, 4.69) is 6.92 Å². The first-order chi connectivity index (χ1) is 10.2. The number of carbonyl (C=O) groups excluding carboxylic acids is 1. The van der Waals surface area contributed by atoms with E-state index in [1.165, 1.54) is 0 Å². The van der Waals surface area contributed by atoms with Gasteiger partial charge in [-0.15, -0.1) is 0 Å². The molecule has 1 saturated heterocycles. The van der Waals surface area contributed by atoms with Crippen molar-refractivity contribution in [3.05, 3.63) is 29.3 Å². The van der Waals surface area contributed by atoms with Crippen molar-refractivity contribution in [3.63, 3.8) is 0 Å². The summed E-state index contributed by atoms with van der Waals surface area (Å²) in [5.74, 6) is -1.25. The van der Waals surface area contributed by atoms with Gasteiger partial charge in [-0.05, 0) is 31.9 Å². The molecule has 0 aromatic heterocycles. The Morgan fingerprint density at radius 3 is 2.71 bits per heavy atom. The molecule has 2 aliphatic rings. The van der Waals surface area contributed by atoms with Gasteiger partial charge in [0.15, 0.2) is 0 Å². The lowest BCUT2D eigenvalue weighted by molar-refractivity contribution is -0.256. The fourth-order valence-electron chi connectivity index (χ4n) is 3.10. The van der Waals surface area contributed by atoms with E-state index in [0.717, 1.165) is 49.0 Å². The molecule has 1 aromatic carbocycles. The molecule has 1 fully saturated rings. The van der Waals surface area contributed by atoms with Gasteiger partial charge in [-0.1, -0.05) is 31.4 Å². The van der Waals surface area contributed by atoms with E-state index >= 15 is 0 Å². The first-order valence-corrected chi connectivity index (χ1v) is 7.90. The Morgan fingerprint density at radius 1 is 1.24 bits per heavy atom. The van der Waals surface area contributed by atoms with Crippen molar-refractivity contribution in [3.8, 4) is 0 Å². The van der Waals surface area contributed by atoms with Gasteiger partial charge in [-0.25, -0.2) is 0 Å². The molecule has 1 amide bonds. The smallest absolute Gasteiger partial charge is 0.292 e. The number of fused-ring (bicyclic) bond motifs is 2. The lowest BCUT2D eigenvalue weighted by atomic mass is 10.0. The summed E-state index contributed by atoms with van der Waals surface area (Å²) < 4.78 is 11.7. The maximum atomic E-state index is 12.9. The molecule has 0 saturated carbocycles. The zero-order valence-electron chi connectivity index (χ0n) is 12.9. The average Bonchev–Trinajstić information content (AvgIpc) is 2.71. The van der Waals surface area contributed by atoms with Crippen LogP contribution in [0.25, 0.3) is 0 Å². The second kappa shape index (κ2) is 5.78. The lowest BCUT2D eigenvalue weighted by Crippen LogP contribution is -2.47. The predicted molar refractivity (Wildman–Crippen MR) is 81.3 cm³/mol. The Kier molecular flexibility index (Phi) is 4.00. The van der Waals surface area contributed by atoms with Gasteiger partial charge in [0.05, 0.1) is 18.9 Å². The summed E-state index contributed by atoms with van der Waals surface area (Å²) in [6.07, 6.45) is 4.11. The molecule has 0 radical (unpaired) electrons. The second-order valence-electron chi connectivity index (χ2n) is 5.85. The van der Waals surface area contributed by atoms with Crippen LogP contribution in [0.3, 0.4) is 0 Å². The third-order valence-corrected chi connectivity index (χ3v) is 4.21. The number of nitrogens with zero attached hydrogens (tertiary/aromatic N) is 1. The third kappa shape index (κ3) is 2.36. The number of carbonyl (C=O) groups is 1. The highest BCUT2D eigenvalue weighted by molar-refractivity contribution is 6.06. The van der Waals surface area contributed by atoms with E-state index < -0.39 is 5.79 Å². The van der Waals surface area contributed by atoms with Gasteiger partial charge in [-0.3, -0.25) is 4.79 Å². The van der Waals surface area contributed by atoms with Crippen LogP contribution in [0.1, 0.15) is 43.7 Å². The highest BCUT2D eigenvalue weighted by Gasteiger charge is 2.54. The largest absolute Gasteiger partial charge is 0.338 e. The van der Waals surface area contributed by atoms with Crippen molar-refractivity contribution in [2.45, 2.75) is 45.3 Å². The molecule has 0 aliphatic carbocycles. The van der Waals surface area contributed by atoms with Crippen LogP contribution >= 0.6 is 0 Å². The molecular formula is C17H23NO3. The van der Waals surface area contributed by atoms with E-state index in [-0.39, 0.29) is 5.91 Å². The monoisotopic (exact) mass is 289 g/mol. The summed E-state index contributed by atoms with van der Waals surface area (Å²) in [5, 5.41) is 0. The van der Waals surface area contributed by atoms with Gasteiger partial charge in [0.25, 0.3) is 11.7 Å². The molecule has 2 heterocycles. The molecule has 114 valence electrons. The molecule has 21 heavy (non-hydrogen) atoms. The Balaban J connectivity index is 1.97. The fourth-order valence-corrected chi connectivity index (χ4v) is 3.10. The number of hydrogen-bond donors (Lipinski definition) is 0. The Hall–Kier alpha value is -1.39. The summed E-state index contributed by atoms with van der Waals surface area (Å²) >= 11 is 0. The number of hydrogen-bond acceptors (Lipinski definition) is 3. The van der Waals surface area contributed by atoms with Crippen molar-refractivity contribution < 1.29 is 14.3 Å². The van der Waals surface area contributed by atoms with Crippen molar-refractivity contribution in [2.75, 3.05) is 24.7 Å². The van der Waals surface area contributed by atoms with Crippen LogP contribution in [0.5, 0.6) is 0 Å². The number of rotatable bonds is 4. The van der Waals surface area contributed by atoms with Crippen LogP contribution in [-0.2, 0) is 20.1 Å². The predicted octanol–water partition coefficient (Wildman–Crippen LogP) is 3.12. The molecule has 0 unspecified atom stereocenters.